The van der Waals surface area contributed by atoms with Gasteiger partial charge in [-0.05, 0) is 32.0 Å². The van der Waals surface area contributed by atoms with Gasteiger partial charge in [0.2, 0.25) is 5.82 Å². The van der Waals surface area contributed by atoms with Gasteiger partial charge in [0.1, 0.15) is 0 Å². The Kier molecular flexibility index (Phi) is 3.49. The lowest BCUT2D eigenvalue weighted by Gasteiger charge is -2.21. The zero-order valence-corrected chi connectivity index (χ0v) is 9.96. The third-order valence-electron chi connectivity index (χ3n) is 3.49. The van der Waals surface area contributed by atoms with E-state index in [0.29, 0.717) is 19.5 Å². The molecule has 1 aromatic rings. The van der Waals surface area contributed by atoms with Crippen molar-refractivity contribution in [3.8, 4) is 5.75 Å². The molecule has 1 aliphatic rings. The highest BCUT2D eigenvalue weighted by Gasteiger charge is 2.33. The lowest BCUT2D eigenvalue weighted by molar-refractivity contribution is 0.297. The van der Waals surface area contributed by atoms with Crippen molar-refractivity contribution in [2.45, 2.75) is 12.5 Å². The van der Waals surface area contributed by atoms with Crippen molar-refractivity contribution in [2.75, 3.05) is 20.1 Å². The number of phenolic OH excluding ortho intramolecular Hbond substituents is 1. The van der Waals surface area contributed by atoms with Crippen LogP contribution in [-0.4, -0.2) is 30.1 Å². The summed E-state index contributed by atoms with van der Waals surface area (Å²) < 4.78 is 39.5. The summed E-state index contributed by atoms with van der Waals surface area (Å²) in [5, 5.41) is 9.60. The Morgan fingerprint density at radius 3 is 2.61 bits per heavy atom. The molecule has 0 aromatic heterocycles. The number of benzene rings is 1. The van der Waals surface area contributed by atoms with Gasteiger partial charge in [0, 0.05) is 18.2 Å². The predicted octanol–water partition coefficient (Wildman–Crippen LogP) is 1.76. The number of rotatable bonds is 2. The van der Waals surface area contributed by atoms with Gasteiger partial charge in [-0.25, -0.2) is 8.78 Å². The minimum atomic E-state index is -1.65. The minimum Gasteiger partial charge on any atom is -0.505 e. The number of aromatic hydroxyl groups is 1. The summed E-state index contributed by atoms with van der Waals surface area (Å²) >= 11 is 0. The predicted molar refractivity (Wildman–Crippen MR) is 60.5 cm³/mol. The SMILES string of the molecule is CN1CC(CN)CC1c1cc(F)c(F)c(F)c1O. The van der Waals surface area contributed by atoms with Gasteiger partial charge in [0.05, 0.1) is 0 Å². The highest BCUT2D eigenvalue weighted by atomic mass is 19.2. The van der Waals surface area contributed by atoms with Crippen LogP contribution in [0, 0.1) is 23.4 Å². The molecule has 0 amide bonds. The molecule has 100 valence electrons. The molecule has 0 radical (unpaired) electrons. The standard InChI is InChI=1S/C12H15F3N2O/c1-17-5-6(4-16)2-9(17)7-3-8(13)10(14)11(15)12(7)18/h3,6,9,18H,2,4-5,16H2,1H3. The maximum absolute atomic E-state index is 13.3. The quantitative estimate of drug-likeness (QED) is 0.797. The molecule has 0 spiro atoms. The van der Waals surface area contributed by atoms with Gasteiger partial charge in [-0.3, -0.25) is 4.90 Å². The Labute approximate surface area is 103 Å². The van der Waals surface area contributed by atoms with Crippen molar-refractivity contribution in [1.29, 1.82) is 0 Å². The van der Waals surface area contributed by atoms with E-state index in [0.717, 1.165) is 6.07 Å². The molecule has 1 saturated heterocycles. The molecule has 6 heteroatoms. The van der Waals surface area contributed by atoms with Crippen molar-refractivity contribution >= 4 is 0 Å². The summed E-state index contributed by atoms with van der Waals surface area (Å²) in [5.41, 5.74) is 5.63. The van der Waals surface area contributed by atoms with Crippen molar-refractivity contribution < 1.29 is 18.3 Å². The van der Waals surface area contributed by atoms with Crippen molar-refractivity contribution in [3.05, 3.63) is 29.1 Å². The first-order valence-electron chi connectivity index (χ1n) is 5.72. The molecular weight excluding hydrogens is 245 g/mol. The van der Waals surface area contributed by atoms with Crippen LogP contribution < -0.4 is 5.73 Å². The molecule has 3 N–H and O–H groups in total. The van der Waals surface area contributed by atoms with Gasteiger partial charge in [-0.15, -0.1) is 0 Å². The second-order valence-corrected chi connectivity index (χ2v) is 4.72. The average molecular weight is 260 g/mol. The Bertz CT molecular complexity index is 467. The fourth-order valence-electron chi connectivity index (χ4n) is 2.50. The molecule has 1 aromatic carbocycles. The molecule has 0 saturated carbocycles. The summed E-state index contributed by atoms with van der Waals surface area (Å²) in [6, 6.07) is 0.511. The number of nitrogens with zero attached hydrogens (tertiary/aromatic N) is 1. The lowest BCUT2D eigenvalue weighted by atomic mass is 9.98. The summed E-state index contributed by atoms with van der Waals surface area (Å²) in [5.74, 6) is -5.08. The molecule has 2 atom stereocenters. The van der Waals surface area contributed by atoms with E-state index in [1.54, 1.807) is 7.05 Å². The highest BCUT2D eigenvalue weighted by Crippen LogP contribution is 2.39. The van der Waals surface area contributed by atoms with Crippen LogP contribution in [-0.2, 0) is 0 Å². The van der Waals surface area contributed by atoms with E-state index in [1.165, 1.54) is 0 Å². The van der Waals surface area contributed by atoms with Gasteiger partial charge in [-0.1, -0.05) is 0 Å². The van der Waals surface area contributed by atoms with Crippen LogP contribution in [0.5, 0.6) is 5.75 Å². The van der Waals surface area contributed by atoms with Crippen LogP contribution in [0.25, 0.3) is 0 Å². The zero-order valence-electron chi connectivity index (χ0n) is 9.96. The average Bonchev–Trinajstić information content (AvgIpc) is 2.72. The molecule has 2 rings (SSSR count). The van der Waals surface area contributed by atoms with E-state index < -0.39 is 23.2 Å². The monoisotopic (exact) mass is 260 g/mol. The molecule has 1 aliphatic heterocycles. The van der Waals surface area contributed by atoms with Crippen LogP contribution in [0.2, 0.25) is 0 Å². The van der Waals surface area contributed by atoms with Crippen LogP contribution >= 0.6 is 0 Å². The van der Waals surface area contributed by atoms with E-state index in [-0.39, 0.29) is 17.5 Å². The fourth-order valence-corrected chi connectivity index (χ4v) is 2.50. The van der Waals surface area contributed by atoms with Gasteiger partial charge >= 0.3 is 0 Å². The maximum atomic E-state index is 13.3. The van der Waals surface area contributed by atoms with E-state index >= 15 is 0 Å². The largest absolute Gasteiger partial charge is 0.505 e. The Morgan fingerprint density at radius 2 is 2.06 bits per heavy atom. The molecule has 1 fully saturated rings. The van der Waals surface area contributed by atoms with Gasteiger partial charge in [0.15, 0.2) is 17.4 Å². The Balaban J connectivity index is 2.40. The molecule has 0 bridgehead atoms. The molecule has 18 heavy (non-hydrogen) atoms. The normalized spacial score (nSPS) is 24.7. The third kappa shape index (κ3) is 2.06. The molecule has 1 heterocycles. The zero-order chi connectivity index (χ0) is 13.4. The second kappa shape index (κ2) is 4.78. The van der Waals surface area contributed by atoms with Gasteiger partial charge < -0.3 is 10.8 Å². The Hall–Kier alpha value is -1.27. The first kappa shape index (κ1) is 13.2. The Morgan fingerprint density at radius 1 is 1.39 bits per heavy atom. The smallest absolute Gasteiger partial charge is 0.203 e. The molecule has 2 unspecified atom stereocenters. The topological polar surface area (TPSA) is 49.5 Å². The second-order valence-electron chi connectivity index (χ2n) is 4.72. The number of likely N-dealkylation sites (tertiary alicyclic amines) is 1. The molecule has 3 nitrogen and oxygen atoms in total. The summed E-state index contributed by atoms with van der Waals surface area (Å²) in [4.78, 5) is 1.85. The van der Waals surface area contributed by atoms with Crippen molar-refractivity contribution in [3.63, 3.8) is 0 Å². The minimum absolute atomic E-state index is 0.0739. The van der Waals surface area contributed by atoms with Gasteiger partial charge in [0.25, 0.3) is 0 Å². The summed E-state index contributed by atoms with van der Waals surface area (Å²) in [6.07, 6.45) is 0.588. The van der Waals surface area contributed by atoms with Crippen LogP contribution in [0.1, 0.15) is 18.0 Å². The summed E-state index contributed by atoms with van der Waals surface area (Å²) in [6.45, 7) is 1.15. The first-order chi connectivity index (χ1) is 8.45. The lowest BCUT2D eigenvalue weighted by Crippen LogP contribution is -2.21. The van der Waals surface area contributed by atoms with E-state index in [2.05, 4.69) is 0 Å². The van der Waals surface area contributed by atoms with E-state index in [9.17, 15) is 18.3 Å². The molecule has 0 aliphatic carbocycles. The summed E-state index contributed by atoms with van der Waals surface area (Å²) in [7, 11) is 1.78. The number of halogens is 3. The van der Waals surface area contributed by atoms with E-state index in [1.807, 2.05) is 4.90 Å². The number of nitrogens with two attached hydrogens (primary N) is 1. The van der Waals surface area contributed by atoms with Crippen molar-refractivity contribution in [1.82, 2.24) is 4.90 Å². The maximum Gasteiger partial charge on any atom is 0.203 e. The van der Waals surface area contributed by atoms with Crippen LogP contribution in [0.3, 0.4) is 0 Å². The van der Waals surface area contributed by atoms with E-state index in [4.69, 9.17) is 5.73 Å². The van der Waals surface area contributed by atoms with Crippen LogP contribution in [0.15, 0.2) is 6.07 Å². The highest BCUT2D eigenvalue weighted by molar-refractivity contribution is 5.38. The first-order valence-corrected chi connectivity index (χ1v) is 5.72. The number of phenols is 1. The van der Waals surface area contributed by atoms with Crippen molar-refractivity contribution in [2.24, 2.45) is 11.7 Å². The molecular formula is C12H15F3N2O. The number of hydrogen-bond donors (Lipinski definition) is 2. The van der Waals surface area contributed by atoms with Crippen LogP contribution in [0.4, 0.5) is 13.2 Å². The fraction of sp³-hybridized carbons (Fsp3) is 0.500. The van der Waals surface area contributed by atoms with Gasteiger partial charge in [-0.2, -0.15) is 4.39 Å². The third-order valence-corrected chi connectivity index (χ3v) is 3.49. The number of hydrogen-bond acceptors (Lipinski definition) is 3.